The molecule has 3 aromatic rings. The molecule has 0 fully saturated rings. The molecule has 0 aliphatic carbocycles. The van der Waals surface area contributed by atoms with Crippen LogP contribution in [-0.4, -0.2) is 22.6 Å². The fourth-order valence-corrected chi connectivity index (χ4v) is 3.65. The first kappa shape index (κ1) is 23.8. The predicted octanol–water partition coefficient (Wildman–Crippen LogP) is 5.45. The summed E-state index contributed by atoms with van der Waals surface area (Å²) in [6.07, 6.45) is -4.08. The number of amides is 1. The number of fused-ring (bicyclic) bond motifs is 1. The Kier molecular flexibility index (Phi) is 7.96. The third-order valence-electron chi connectivity index (χ3n) is 4.45. The first-order valence-electron chi connectivity index (χ1n) is 9.73. The van der Waals surface area contributed by atoms with Gasteiger partial charge in [0.25, 0.3) is 5.91 Å². The van der Waals surface area contributed by atoms with Crippen LogP contribution in [0.3, 0.4) is 0 Å². The van der Waals surface area contributed by atoms with Crippen molar-refractivity contribution in [1.82, 2.24) is 10.3 Å². The molecule has 3 nitrogen and oxygen atoms in total. The zero-order valence-electron chi connectivity index (χ0n) is 17.3. The van der Waals surface area contributed by atoms with E-state index >= 15 is 0 Å². The number of alkyl halides is 3. The Morgan fingerprint density at radius 1 is 1.07 bits per heavy atom. The summed E-state index contributed by atoms with van der Waals surface area (Å²) in [6.45, 7) is 5.42. The lowest BCUT2D eigenvalue weighted by molar-refractivity contribution is -0.147. The SMILES string of the molecule is CC.C[C@](Cc1ccccc1)(CC(F)(F)F)NC(=O)c1cnc2c(P)cccc2c1. The fraction of sp³-hybridized carbons (Fsp3) is 0.304. The zero-order valence-corrected chi connectivity index (χ0v) is 18.4. The summed E-state index contributed by atoms with van der Waals surface area (Å²) in [4.78, 5) is 17.0. The van der Waals surface area contributed by atoms with Crippen molar-refractivity contribution < 1.29 is 18.0 Å². The number of benzene rings is 2. The Morgan fingerprint density at radius 3 is 2.37 bits per heavy atom. The molecule has 2 atom stereocenters. The van der Waals surface area contributed by atoms with E-state index in [2.05, 4.69) is 19.5 Å². The standard InChI is InChI=1S/C21H20F3N2OP.C2H6/c1-20(13-21(22,23)24,11-14-6-3-2-4-7-14)26-19(27)16-10-15-8-5-9-17(28)18(15)25-12-16;1-2/h2-10,12H,11,13,28H2,1H3,(H,26,27);1-2H3/t20-;/m0./s1. The van der Waals surface area contributed by atoms with Crippen molar-refractivity contribution in [2.24, 2.45) is 0 Å². The molecule has 0 saturated carbocycles. The van der Waals surface area contributed by atoms with E-state index in [0.29, 0.717) is 0 Å². The molecule has 160 valence electrons. The van der Waals surface area contributed by atoms with Gasteiger partial charge < -0.3 is 5.32 Å². The number of nitrogens with one attached hydrogen (secondary N) is 1. The molecular formula is C23H26F3N2OP. The summed E-state index contributed by atoms with van der Waals surface area (Å²) in [6, 6.07) is 16.0. The molecule has 1 amide bonds. The molecule has 1 aromatic heterocycles. The highest BCUT2D eigenvalue weighted by atomic mass is 31.0. The maximum atomic E-state index is 13.2. The predicted molar refractivity (Wildman–Crippen MR) is 119 cm³/mol. The second kappa shape index (κ2) is 10.0. The van der Waals surface area contributed by atoms with Gasteiger partial charge in [-0.2, -0.15) is 13.2 Å². The molecule has 0 saturated heterocycles. The Bertz CT molecular complexity index is 993. The minimum Gasteiger partial charge on any atom is -0.346 e. The monoisotopic (exact) mass is 434 g/mol. The van der Waals surface area contributed by atoms with Crippen molar-refractivity contribution in [2.75, 3.05) is 0 Å². The van der Waals surface area contributed by atoms with Crippen LogP contribution in [0.5, 0.6) is 0 Å². The Morgan fingerprint density at radius 2 is 1.73 bits per heavy atom. The van der Waals surface area contributed by atoms with E-state index in [1.165, 1.54) is 13.1 Å². The molecule has 30 heavy (non-hydrogen) atoms. The third-order valence-corrected chi connectivity index (χ3v) is 4.91. The quantitative estimate of drug-likeness (QED) is 0.543. The van der Waals surface area contributed by atoms with E-state index in [1.807, 2.05) is 32.0 Å². The van der Waals surface area contributed by atoms with Crippen LogP contribution in [0.15, 0.2) is 60.8 Å². The van der Waals surface area contributed by atoms with Crippen LogP contribution in [0.2, 0.25) is 0 Å². The van der Waals surface area contributed by atoms with Crippen LogP contribution in [0.25, 0.3) is 10.9 Å². The van der Waals surface area contributed by atoms with Gasteiger partial charge >= 0.3 is 6.18 Å². The average molecular weight is 434 g/mol. The van der Waals surface area contributed by atoms with Gasteiger partial charge in [0, 0.05) is 11.6 Å². The minimum absolute atomic E-state index is 0.0653. The highest BCUT2D eigenvalue weighted by molar-refractivity contribution is 7.28. The van der Waals surface area contributed by atoms with Crippen molar-refractivity contribution in [2.45, 2.75) is 45.3 Å². The maximum Gasteiger partial charge on any atom is 0.391 e. The van der Waals surface area contributed by atoms with Crippen LogP contribution in [0, 0.1) is 0 Å². The molecule has 7 heteroatoms. The van der Waals surface area contributed by atoms with E-state index < -0.39 is 24.0 Å². The Labute approximate surface area is 177 Å². The van der Waals surface area contributed by atoms with Gasteiger partial charge in [-0.05, 0) is 30.3 Å². The lowest BCUT2D eigenvalue weighted by Gasteiger charge is -2.32. The average Bonchev–Trinajstić information content (AvgIpc) is 2.68. The van der Waals surface area contributed by atoms with Crippen LogP contribution < -0.4 is 10.6 Å². The molecule has 1 heterocycles. The highest BCUT2D eigenvalue weighted by Gasteiger charge is 2.40. The van der Waals surface area contributed by atoms with Gasteiger partial charge in [-0.1, -0.05) is 62.4 Å². The fourth-order valence-electron chi connectivity index (χ4n) is 3.29. The topological polar surface area (TPSA) is 42.0 Å². The number of rotatable bonds is 5. The van der Waals surface area contributed by atoms with Crippen LogP contribution in [-0.2, 0) is 6.42 Å². The van der Waals surface area contributed by atoms with E-state index in [-0.39, 0.29) is 12.0 Å². The number of para-hydroxylation sites is 1. The molecule has 0 bridgehead atoms. The van der Waals surface area contributed by atoms with Crippen molar-refractivity contribution >= 4 is 31.4 Å². The third kappa shape index (κ3) is 6.53. The van der Waals surface area contributed by atoms with Crippen LogP contribution in [0.1, 0.15) is 43.1 Å². The number of hydrogen-bond donors (Lipinski definition) is 1. The molecule has 0 radical (unpaired) electrons. The lowest BCUT2D eigenvalue weighted by Crippen LogP contribution is -2.50. The second-order valence-electron chi connectivity index (χ2n) is 7.11. The van der Waals surface area contributed by atoms with Crippen molar-refractivity contribution in [1.29, 1.82) is 0 Å². The smallest absolute Gasteiger partial charge is 0.346 e. The highest BCUT2D eigenvalue weighted by Crippen LogP contribution is 2.30. The molecule has 0 spiro atoms. The maximum absolute atomic E-state index is 13.2. The van der Waals surface area contributed by atoms with Crippen LogP contribution in [0.4, 0.5) is 13.2 Å². The minimum atomic E-state index is -4.41. The second-order valence-corrected chi connectivity index (χ2v) is 7.73. The summed E-state index contributed by atoms with van der Waals surface area (Å²) in [5, 5.41) is 4.23. The number of hydrogen-bond acceptors (Lipinski definition) is 2. The molecule has 0 aliphatic rings. The van der Waals surface area contributed by atoms with Crippen molar-refractivity contribution in [3.05, 3.63) is 71.9 Å². The van der Waals surface area contributed by atoms with Crippen molar-refractivity contribution in [3.63, 3.8) is 0 Å². The number of aromatic nitrogens is 1. The molecule has 2 aromatic carbocycles. The van der Waals surface area contributed by atoms with Gasteiger partial charge in [-0.25, -0.2) is 0 Å². The van der Waals surface area contributed by atoms with Gasteiger partial charge in [-0.15, -0.1) is 9.24 Å². The Balaban J connectivity index is 0.00000155. The Hall–Kier alpha value is -2.46. The summed E-state index contributed by atoms with van der Waals surface area (Å²) < 4.78 is 39.6. The van der Waals surface area contributed by atoms with E-state index in [9.17, 15) is 18.0 Å². The number of carbonyl (C=O) groups excluding carboxylic acids is 1. The number of pyridine rings is 1. The zero-order chi connectivity index (χ0) is 22.4. The van der Waals surface area contributed by atoms with E-state index in [1.54, 1.807) is 36.4 Å². The molecule has 3 rings (SSSR count). The molecule has 0 aliphatic heterocycles. The van der Waals surface area contributed by atoms with Gasteiger partial charge in [0.05, 0.1) is 23.0 Å². The number of carbonyl (C=O) groups is 1. The largest absolute Gasteiger partial charge is 0.391 e. The van der Waals surface area contributed by atoms with E-state index in [0.717, 1.165) is 21.8 Å². The summed E-state index contributed by atoms with van der Waals surface area (Å²) in [7, 11) is 2.57. The summed E-state index contributed by atoms with van der Waals surface area (Å²) >= 11 is 0. The number of nitrogens with zero attached hydrogens (tertiary/aromatic N) is 1. The van der Waals surface area contributed by atoms with Crippen molar-refractivity contribution in [3.8, 4) is 0 Å². The molecule has 1 unspecified atom stereocenters. The normalized spacial score (nSPS) is 13.2. The van der Waals surface area contributed by atoms with Gasteiger partial charge in [0.15, 0.2) is 0 Å². The summed E-state index contributed by atoms with van der Waals surface area (Å²) in [5.74, 6) is -0.578. The summed E-state index contributed by atoms with van der Waals surface area (Å²) in [5.41, 5.74) is 0.198. The molecular weight excluding hydrogens is 408 g/mol. The lowest BCUT2D eigenvalue weighted by atomic mass is 9.88. The first-order chi connectivity index (χ1) is 14.2. The van der Waals surface area contributed by atoms with Crippen LogP contribution >= 0.6 is 9.24 Å². The van der Waals surface area contributed by atoms with Gasteiger partial charge in [0.1, 0.15) is 0 Å². The molecule has 1 N–H and O–H groups in total. The van der Waals surface area contributed by atoms with Gasteiger partial charge in [0.2, 0.25) is 0 Å². The van der Waals surface area contributed by atoms with Gasteiger partial charge in [-0.3, -0.25) is 9.78 Å². The number of halogens is 3. The van der Waals surface area contributed by atoms with E-state index in [4.69, 9.17) is 0 Å². The first-order valence-corrected chi connectivity index (χ1v) is 10.3.